The van der Waals surface area contributed by atoms with E-state index < -0.39 is 0 Å². The smallest absolute Gasteiger partial charge is 0.141 e. The second kappa shape index (κ2) is 5.56. The van der Waals surface area contributed by atoms with Crippen LogP contribution in [0.5, 0.6) is 0 Å². The van der Waals surface area contributed by atoms with Crippen molar-refractivity contribution in [3.8, 4) is 11.3 Å². The van der Waals surface area contributed by atoms with Crippen LogP contribution in [0.1, 0.15) is 45.2 Å². The third-order valence-corrected chi connectivity index (χ3v) is 4.03. The van der Waals surface area contributed by atoms with Gasteiger partial charge < -0.3 is 4.57 Å². The van der Waals surface area contributed by atoms with E-state index in [1.54, 1.807) is 12.1 Å². The van der Waals surface area contributed by atoms with Gasteiger partial charge in [0.1, 0.15) is 11.5 Å². The van der Waals surface area contributed by atoms with Crippen LogP contribution in [-0.4, -0.2) is 9.55 Å². The monoisotopic (exact) mass is 296 g/mol. The van der Waals surface area contributed by atoms with Gasteiger partial charge in [-0.15, -0.1) is 0 Å². The van der Waals surface area contributed by atoms with Gasteiger partial charge in [0.25, 0.3) is 0 Å². The molecule has 0 fully saturated rings. The van der Waals surface area contributed by atoms with Crippen molar-refractivity contribution < 1.29 is 4.39 Å². The highest BCUT2D eigenvalue weighted by Gasteiger charge is 2.15. The molecular formula is C19H21FN2. The number of hydrogen-bond donors (Lipinski definition) is 0. The molecule has 0 amide bonds. The summed E-state index contributed by atoms with van der Waals surface area (Å²) in [7, 11) is 0. The molecule has 1 aromatic carbocycles. The third kappa shape index (κ3) is 2.52. The van der Waals surface area contributed by atoms with Gasteiger partial charge in [-0.2, -0.15) is 0 Å². The third-order valence-electron chi connectivity index (χ3n) is 4.03. The van der Waals surface area contributed by atoms with E-state index in [0.717, 1.165) is 16.9 Å². The molecule has 3 heteroatoms. The lowest BCUT2D eigenvalue weighted by atomic mass is 10.0. The van der Waals surface area contributed by atoms with E-state index in [1.807, 2.05) is 6.07 Å². The average molecular weight is 296 g/mol. The van der Waals surface area contributed by atoms with Crippen molar-refractivity contribution in [2.45, 2.75) is 39.7 Å². The number of fused-ring (bicyclic) bond motifs is 1. The fourth-order valence-electron chi connectivity index (χ4n) is 2.79. The molecule has 0 saturated carbocycles. The lowest BCUT2D eigenvalue weighted by Crippen LogP contribution is -2.00. The minimum atomic E-state index is -0.225. The summed E-state index contributed by atoms with van der Waals surface area (Å²) < 4.78 is 15.3. The number of hydrogen-bond acceptors (Lipinski definition) is 1. The summed E-state index contributed by atoms with van der Waals surface area (Å²) >= 11 is 0. The largest absolute Gasteiger partial charge is 0.330 e. The average Bonchev–Trinajstić information content (AvgIpc) is 2.87. The quantitative estimate of drug-likeness (QED) is 0.620. The molecule has 0 radical (unpaired) electrons. The summed E-state index contributed by atoms with van der Waals surface area (Å²) in [5.41, 5.74) is 4.14. The lowest BCUT2D eigenvalue weighted by Gasteiger charge is -2.09. The molecule has 0 unspecified atom stereocenters. The zero-order valence-electron chi connectivity index (χ0n) is 13.5. The molecular weight excluding hydrogens is 275 g/mol. The van der Waals surface area contributed by atoms with Gasteiger partial charge in [0.2, 0.25) is 0 Å². The lowest BCUT2D eigenvalue weighted by molar-refractivity contribution is 0.614. The second-order valence-corrected chi connectivity index (χ2v) is 6.31. The first-order chi connectivity index (χ1) is 10.5. The Morgan fingerprint density at radius 2 is 1.64 bits per heavy atom. The molecule has 0 N–H and O–H groups in total. The van der Waals surface area contributed by atoms with Gasteiger partial charge >= 0.3 is 0 Å². The van der Waals surface area contributed by atoms with E-state index in [2.05, 4.69) is 44.5 Å². The van der Waals surface area contributed by atoms with Gasteiger partial charge in [0, 0.05) is 23.2 Å². The SMILES string of the molecule is CC(C)c1cn(C(C)C)c2nc(-c3ccc(F)cc3)ccc12. The van der Waals surface area contributed by atoms with Gasteiger partial charge in [0.05, 0.1) is 5.69 Å². The van der Waals surface area contributed by atoms with E-state index in [9.17, 15) is 4.39 Å². The van der Waals surface area contributed by atoms with E-state index >= 15 is 0 Å². The molecule has 0 aliphatic carbocycles. The fraction of sp³-hybridized carbons (Fsp3) is 0.316. The highest BCUT2D eigenvalue weighted by atomic mass is 19.1. The number of nitrogens with zero attached hydrogens (tertiary/aromatic N) is 2. The first-order valence-electron chi connectivity index (χ1n) is 7.75. The molecule has 2 nitrogen and oxygen atoms in total. The Hall–Kier alpha value is -2.16. The minimum absolute atomic E-state index is 0.225. The minimum Gasteiger partial charge on any atom is -0.330 e. The Morgan fingerprint density at radius 3 is 2.23 bits per heavy atom. The summed E-state index contributed by atoms with van der Waals surface area (Å²) in [5.74, 6) is 0.235. The molecule has 3 rings (SSSR count). The predicted molar refractivity (Wildman–Crippen MR) is 89.6 cm³/mol. The van der Waals surface area contributed by atoms with Crippen molar-refractivity contribution in [2.24, 2.45) is 0 Å². The number of halogens is 1. The van der Waals surface area contributed by atoms with Crippen LogP contribution in [0.3, 0.4) is 0 Å². The van der Waals surface area contributed by atoms with Crippen molar-refractivity contribution in [1.29, 1.82) is 0 Å². The Morgan fingerprint density at radius 1 is 0.955 bits per heavy atom. The van der Waals surface area contributed by atoms with Crippen LogP contribution in [0.15, 0.2) is 42.6 Å². The molecule has 0 bridgehead atoms. The van der Waals surface area contributed by atoms with E-state index in [-0.39, 0.29) is 5.82 Å². The Bertz CT molecular complexity index is 798. The standard InChI is InChI=1S/C19H21FN2/c1-12(2)17-11-22(13(3)4)19-16(17)9-10-18(21-19)14-5-7-15(20)8-6-14/h5-13H,1-4H3. The summed E-state index contributed by atoms with van der Waals surface area (Å²) in [6.45, 7) is 8.73. The van der Waals surface area contributed by atoms with E-state index in [4.69, 9.17) is 4.98 Å². The van der Waals surface area contributed by atoms with E-state index in [1.165, 1.54) is 23.1 Å². The van der Waals surface area contributed by atoms with Crippen LogP contribution in [-0.2, 0) is 0 Å². The molecule has 2 heterocycles. The van der Waals surface area contributed by atoms with Crippen LogP contribution in [0.2, 0.25) is 0 Å². The van der Waals surface area contributed by atoms with Gasteiger partial charge in [-0.25, -0.2) is 9.37 Å². The van der Waals surface area contributed by atoms with Crippen molar-refractivity contribution in [3.63, 3.8) is 0 Å². The topological polar surface area (TPSA) is 17.8 Å². The molecule has 3 aromatic rings. The first kappa shape index (κ1) is 14.8. The Labute approximate surface area is 130 Å². The van der Waals surface area contributed by atoms with Crippen molar-refractivity contribution in [1.82, 2.24) is 9.55 Å². The summed E-state index contributed by atoms with van der Waals surface area (Å²) in [6, 6.07) is 11.0. The fourth-order valence-corrected chi connectivity index (χ4v) is 2.79. The molecule has 0 aliphatic heterocycles. The van der Waals surface area contributed by atoms with Crippen LogP contribution in [0.4, 0.5) is 4.39 Å². The number of benzene rings is 1. The maximum Gasteiger partial charge on any atom is 0.141 e. The summed E-state index contributed by atoms with van der Waals surface area (Å²) in [6.07, 6.45) is 2.21. The van der Waals surface area contributed by atoms with E-state index in [0.29, 0.717) is 12.0 Å². The summed E-state index contributed by atoms with van der Waals surface area (Å²) in [4.78, 5) is 4.84. The van der Waals surface area contributed by atoms with Gasteiger partial charge in [-0.1, -0.05) is 13.8 Å². The molecule has 0 spiro atoms. The Balaban J connectivity index is 2.20. The van der Waals surface area contributed by atoms with Crippen LogP contribution in [0, 0.1) is 5.82 Å². The first-order valence-corrected chi connectivity index (χ1v) is 7.75. The van der Waals surface area contributed by atoms with Crippen molar-refractivity contribution in [3.05, 3.63) is 54.0 Å². The van der Waals surface area contributed by atoms with Gasteiger partial charge in [-0.05, 0) is 61.7 Å². The highest BCUT2D eigenvalue weighted by Crippen LogP contribution is 2.30. The number of rotatable bonds is 3. The molecule has 0 saturated heterocycles. The molecule has 22 heavy (non-hydrogen) atoms. The molecule has 0 aliphatic rings. The Kier molecular flexibility index (Phi) is 3.73. The maximum atomic E-state index is 13.1. The highest BCUT2D eigenvalue weighted by molar-refractivity contribution is 5.83. The van der Waals surface area contributed by atoms with Gasteiger partial charge in [0.15, 0.2) is 0 Å². The number of aromatic nitrogens is 2. The number of pyridine rings is 1. The molecule has 0 atom stereocenters. The zero-order chi connectivity index (χ0) is 15.9. The van der Waals surface area contributed by atoms with Crippen molar-refractivity contribution >= 4 is 11.0 Å². The predicted octanol–water partition coefficient (Wildman–Crippen LogP) is 5.55. The molecule has 2 aromatic heterocycles. The zero-order valence-corrected chi connectivity index (χ0v) is 13.5. The summed E-state index contributed by atoms with van der Waals surface area (Å²) in [5, 5.41) is 1.20. The van der Waals surface area contributed by atoms with Crippen LogP contribution < -0.4 is 0 Å². The second-order valence-electron chi connectivity index (χ2n) is 6.31. The molecule has 114 valence electrons. The van der Waals surface area contributed by atoms with Crippen LogP contribution in [0.25, 0.3) is 22.3 Å². The maximum absolute atomic E-state index is 13.1. The van der Waals surface area contributed by atoms with Crippen molar-refractivity contribution in [2.75, 3.05) is 0 Å². The van der Waals surface area contributed by atoms with Gasteiger partial charge in [-0.3, -0.25) is 0 Å². The normalized spacial score (nSPS) is 11.8. The van der Waals surface area contributed by atoms with Crippen LogP contribution >= 0.6 is 0 Å².